The van der Waals surface area contributed by atoms with E-state index in [0.717, 1.165) is 11.3 Å². The minimum atomic E-state index is -0.734. The van der Waals surface area contributed by atoms with Crippen molar-refractivity contribution in [3.8, 4) is 5.75 Å². The smallest absolute Gasteiger partial charge is 0.119 e. The zero-order valence-electron chi connectivity index (χ0n) is 10.2. The molecule has 3 nitrogen and oxygen atoms in total. The van der Waals surface area contributed by atoms with Gasteiger partial charge in [-0.2, -0.15) is 0 Å². The monoisotopic (exact) mass is 224 g/mol. The highest BCUT2D eigenvalue weighted by Crippen LogP contribution is 2.20. The molecule has 1 rings (SSSR count). The number of hydrogen-bond acceptors (Lipinski definition) is 3. The number of aliphatic hydroxyl groups is 1. The molecule has 1 N–H and O–H groups in total. The Bertz CT molecular complexity index is 321. The molecule has 1 atom stereocenters. The molecule has 0 aliphatic rings. The van der Waals surface area contributed by atoms with Gasteiger partial charge in [-0.15, -0.1) is 0 Å². The van der Waals surface area contributed by atoms with Crippen molar-refractivity contribution < 1.29 is 14.6 Å². The Labute approximate surface area is 97.0 Å². The molecule has 0 aliphatic carbocycles. The number of hydrogen-bond donors (Lipinski definition) is 1. The number of rotatable bonds is 6. The lowest BCUT2D eigenvalue weighted by molar-refractivity contribution is 0.0249. The SMILES string of the molecule is COCCC(C)(O)Cc1cccc(OC)c1. The molecule has 1 aromatic rings. The molecule has 0 fully saturated rings. The summed E-state index contributed by atoms with van der Waals surface area (Å²) in [7, 11) is 3.28. The Kier molecular flexibility index (Phi) is 4.77. The van der Waals surface area contributed by atoms with Crippen LogP contribution < -0.4 is 4.74 Å². The molecule has 0 spiro atoms. The van der Waals surface area contributed by atoms with Gasteiger partial charge in [0.05, 0.1) is 12.7 Å². The van der Waals surface area contributed by atoms with Crippen LogP contribution in [0.3, 0.4) is 0 Å². The number of benzene rings is 1. The van der Waals surface area contributed by atoms with Crippen molar-refractivity contribution in [1.82, 2.24) is 0 Å². The first-order chi connectivity index (χ1) is 7.57. The van der Waals surface area contributed by atoms with Gasteiger partial charge in [0.15, 0.2) is 0 Å². The fraction of sp³-hybridized carbons (Fsp3) is 0.538. The maximum atomic E-state index is 10.1. The second kappa shape index (κ2) is 5.87. The average Bonchev–Trinajstić information content (AvgIpc) is 2.26. The van der Waals surface area contributed by atoms with E-state index in [9.17, 15) is 5.11 Å². The maximum absolute atomic E-state index is 10.1. The van der Waals surface area contributed by atoms with Gasteiger partial charge in [-0.25, -0.2) is 0 Å². The Morgan fingerprint density at radius 1 is 1.31 bits per heavy atom. The van der Waals surface area contributed by atoms with Crippen LogP contribution in [0, 0.1) is 0 Å². The maximum Gasteiger partial charge on any atom is 0.119 e. The lowest BCUT2D eigenvalue weighted by atomic mass is 9.93. The molecule has 1 unspecified atom stereocenters. The highest BCUT2D eigenvalue weighted by atomic mass is 16.5. The van der Waals surface area contributed by atoms with Crippen LogP contribution in [-0.2, 0) is 11.2 Å². The molecule has 3 heteroatoms. The first-order valence-electron chi connectivity index (χ1n) is 5.41. The Morgan fingerprint density at radius 2 is 2.06 bits per heavy atom. The van der Waals surface area contributed by atoms with Crippen LogP contribution in [0.1, 0.15) is 18.9 Å². The van der Waals surface area contributed by atoms with Gasteiger partial charge in [-0.3, -0.25) is 0 Å². The first kappa shape index (κ1) is 13.0. The highest BCUT2D eigenvalue weighted by molar-refractivity contribution is 5.29. The minimum absolute atomic E-state index is 0.566. The second-order valence-electron chi connectivity index (χ2n) is 4.27. The summed E-state index contributed by atoms with van der Waals surface area (Å²) in [5.41, 5.74) is 0.336. The van der Waals surface area contributed by atoms with Crippen molar-refractivity contribution >= 4 is 0 Å². The fourth-order valence-corrected chi connectivity index (χ4v) is 1.63. The van der Waals surface area contributed by atoms with Crippen molar-refractivity contribution in [3.05, 3.63) is 29.8 Å². The molecule has 0 aromatic heterocycles. The summed E-state index contributed by atoms with van der Waals surface area (Å²) in [5, 5.41) is 10.1. The lowest BCUT2D eigenvalue weighted by Crippen LogP contribution is -2.28. The van der Waals surface area contributed by atoms with E-state index in [1.54, 1.807) is 14.2 Å². The van der Waals surface area contributed by atoms with Crippen molar-refractivity contribution in [2.75, 3.05) is 20.8 Å². The largest absolute Gasteiger partial charge is 0.497 e. The molecular formula is C13H20O3. The summed E-state index contributed by atoms with van der Waals surface area (Å²) in [6, 6.07) is 7.76. The molecule has 0 aliphatic heterocycles. The van der Waals surface area contributed by atoms with Crippen LogP contribution in [0.2, 0.25) is 0 Å². The van der Waals surface area contributed by atoms with Gasteiger partial charge in [0.25, 0.3) is 0 Å². The molecule has 16 heavy (non-hydrogen) atoms. The van der Waals surface area contributed by atoms with Gasteiger partial charge in [0.1, 0.15) is 5.75 Å². The molecule has 0 bridgehead atoms. The Balaban J connectivity index is 2.63. The highest BCUT2D eigenvalue weighted by Gasteiger charge is 2.20. The van der Waals surface area contributed by atoms with Crippen LogP contribution in [0.5, 0.6) is 5.75 Å². The zero-order chi connectivity index (χ0) is 12.0. The Hall–Kier alpha value is -1.06. The van der Waals surface area contributed by atoms with Gasteiger partial charge in [0, 0.05) is 20.1 Å². The van der Waals surface area contributed by atoms with E-state index in [2.05, 4.69) is 0 Å². The van der Waals surface area contributed by atoms with Gasteiger partial charge in [-0.1, -0.05) is 12.1 Å². The van der Waals surface area contributed by atoms with E-state index >= 15 is 0 Å². The summed E-state index contributed by atoms with van der Waals surface area (Å²) < 4.78 is 10.1. The van der Waals surface area contributed by atoms with Gasteiger partial charge < -0.3 is 14.6 Å². The van der Waals surface area contributed by atoms with Crippen molar-refractivity contribution in [2.24, 2.45) is 0 Å². The Morgan fingerprint density at radius 3 is 2.69 bits per heavy atom. The van der Waals surface area contributed by atoms with Crippen LogP contribution in [0.25, 0.3) is 0 Å². The molecule has 0 saturated heterocycles. The fourth-order valence-electron chi connectivity index (χ4n) is 1.63. The summed E-state index contributed by atoms with van der Waals surface area (Å²) in [6.45, 7) is 2.39. The lowest BCUT2D eigenvalue weighted by Gasteiger charge is -2.23. The minimum Gasteiger partial charge on any atom is -0.497 e. The standard InChI is InChI=1S/C13H20O3/c1-13(14,7-8-15-2)10-11-5-4-6-12(9-11)16-3/h4-6,9,14H,7-8,10H2,1-3H3. The summed E-state index contributed by atoms with van der Waals surface area (Å²) in [4.78, 5) is 0. The van der Waals surface area contributed by atoms with Crippen molar-refractivity contribution in [1.29, 1.82) is 0 Å². The number of methoxy groups -OCH3 is 2. The topological polar surface area (TPSA) is 38.7 Å². The molecule has 0 radical (unpaired) electrons. The predicted octanol–water partition coefficient (Wildman–Crippen LogP) is 2.03. The van der Waals surface area contributed by atoms with E-state index in [1.807, 2.05) is 31.2 Å². The van der Waals surface area contributed by atoms with Gasteiger partial charge >= 0.3 is 0 Å². The number of ether oxygens (including phenoxy) is 2. The van der Waals surface area contributed by atoms with Crippen LogP contribution in [0.15, 0.2) is 24.3 Å². The second-order valence-corrected chi connectivity index (χ2v) is 4.27. The van der Waals surface area contributed by atoms with E-state index in [0.29, 0.717) is 19.4 Å². The quantitative estimate of drug-likeness (QED) is 0.803. The van der Waals surface area contributed by atoms with Crippen LogP contribution in [0.4, 0.5) is 0 Å². The molecule has 1 aromatic carbocycles. The zero-order valence-corrected chi connectivity index (χ0v) is 10.2. The third-order valence-corrected chi connectivity index (χ3v) is 2.56. The summed E-state index contributed by atoms with van der Waals surface area (Å²) in [5.74, 6) is 0.819. The first-order valence-corrected chi connectivity index (χ1v) is 5.41. The van der Waals surface area contributed by atoms with E-state index in [1.165, 1.54) is 0 Å². The van der Waals surface area contributed by atoms with Crippen LogP contribution >= 0.6 is 0 Å². The van der Waals surface area contributed by atoms with Crippen LogP contribution in [-0.4, -0.2) is 31.5 Å². The predicted molar refractivity (Wildman–Crippen MR) is 63.8 cm³/mol. The molecule has 0 saturated carbocycles. The van der Waals surface area contributed by atoms with Crippen molar-refractivity contribution in [3.63, 3.8) is 0 Å². The van der Waals surface area contributed by atoms with Gasteiger partial charge in [0.2, 0.25) is 0 Å². The van der Waals surface area contributed by atoms with E-state index in [-0.39, 0.29) is 0 Å². The average molecular weight is 224 g/mol. The summed E-state index contributed by atoms with van der Waals surface area (Å²) in [6.07, 6.45) is 1.23. The normalized spacial score (nSPS) is 14.5. The summed E-state index contributed by atoms with van der Waals surface area (Å²) >= 11 is 0. The van der Waals surface area contributed by atoms with Crippen molar-refractivity contribution in [2.45, 2.75) is 25.4 Å². The van der Waals surface area contributed by atoms with Gasteiger partial charge in [-0.05, 0) is 31.0 Å². The third kappa shape index (κ3) is 4.21. The van der Waals surface area contributed by atoms with E-state index in [4.69, 9.17) is 9.47 Å². The molecule has 90 valence electrons. The van der Waals surface area contributed by atoms with E-state index < -0.39 is 5.60 Å². The molecule has 0 heterocycles. The molecular weight excluding hydrogens is 204 g/mol. The molecule has 0 amide bonds. The third-order valence-electron chi connectivity index (χ3n) is 2.56.